The molecule has 2 atom stereocenters. The lowest BCUT2D eigenvalue weighted by Gasteiger charge is -2.17. The van der Waals surface area contributed by atoms with Gasteiger partial charge in [0.15, 0.2) is 0 Å². The van der Waals surface area contributed by atoms with E-state index < -0.39 is 5.97 Å². The molecule has 2 amide bonds. The first kappa shape index (κ1) is 18.3. The van der Waals surface area contributed by atoms with Gasteiger partial charge in [0.1, 0.15) is 0 Å². The van der Waals surface area contributed by atoms with Crippen molar-refractivity contribution in [3.8, 4) is 12.3 Å². The minimum absolute atomic E-state index is 0.00832. The molecule has 0 aliphatic carbocycles. The Hall–Kier alpha value is -1.70. The second-order valence-corrected chi connectivity index (χ2v) is 4.91. The van der Waals surface area contributed by atoms with Gasteiger partial charge in [-0.1, -0.05) is 20.3 Å². The smallest absolute Gasteiger partial charge is 0.315 e. The van der Waals surface area contributed by atoms with E-state index in [1.54, 1.807) is 0 Å². The van der Waals surface area contributed by atoms with Gasteiger partial charge >= 0.3 is 12.0 Å². The molecule has 0 aromatic heterocycles. The lowest BCUT2D eigenvalue weighted by atomic mass is 9.97. The van der Waals surface area contributed by atoms with Crippen LogP contribution < -0.4 is 10.6 Å². The number of nitrogens with one attached hydrogen (secondary N) is 2. The topological polar surface area (TPSA) is 78.4 Å². The van der Waals surface area contributed by atoms with Crippen LogP contribution in [0.25, 0.3) is 0 Å². The summed E-state index contributed by atoms with van der Waals surface area (Å²) in [6.07, 6.45) is 9.11. The van der Waals surface area contributed by atoms with E-state index in [0.717, 1.165) is 19.3 Å². The Kier molecular flexibility index (Phi) is 10.2. The molecule has 0 rings (SSSR count). The van der Waals surface area contributed by atoms with E-state index >= 15 is 0 Å². The highest BCUT2D eigenvalue weighted by atomic mass is 16.4. The zero-order chi connectivity index (χ0) is 15.4. The van der Waals surface area contributed by atoms with Crippen molar-refractivity contribution in [3.05, 3.63) is 0 Å². The van der Waals surface area contributed by atoms with Crippen molar-refractivity contribution in [2.45, 2.75) is 58.4 Å². The van der Waals surface area contributed by atoms with Crippen LogP contribution in [0.3, 0.4) is 0 Å². The van der Waals surface area contributed by atoms with Crippen LogP contribution in [0.4, 0.5) is 4.79 Å². The molecule has 5 heteroatoms. The van der Waals surface area contributed by atoms with Crippen molar-refractivity contribution >= 4 is 12.0 Å². The van der Waals surface area contributed by atoms with Crippen molar-refractivity contribution in [1.82, 2.24) is 10.6 Å². The third kappa shape index (κ3) is 9.26. The van der Waals surface area contributed by atoms with Crippen LogP contribution in [0, 0.1) is 18.3 Å². The van der Waals surface area contributed by atoms with Crippen LogP contribution in [-0.2, 0) is 4.79 Å². The van der Waals surface area contributed by atoms with Gasteiger partial charge in [-0.25, -0.2) is 4.79 Å². The van der Waals surface area contributed by atoms with Crippen LogP contribution in [0.1, 0.15) is 52.4 Å². The molecule has 0 bridgehead atoms. The number of amides is 2. The van der Waals surface area contributed by atoms with Gasteiger partial charge in [-0.15, -0.1) is 12.3 Å². The van der Waals surface area contributed by atoms with Gasteiger partial charge in [-0.05, 0) is 25.2 Å². The SMILES string of the molecule is C#CCC(CC)NC(=O)NCCC(CC)CCC(=O)O. The number of carboxylic acid groups (broad SMARTS) is 1. The molecule has 3 N–H and O–H groups in total. The maximum atomic E-state index is 11.6. The average Bonchev–Trinajstić information content (AvgIpc) is 2.41. The maximum Gasteiger partial charge on any atom is 0.315 e. The van der Waals surface area contributed by atoms with E-state index in [-0.39, 0.29) is 18.5 Å². The molecule has 0 saturated heterocycles. The summed E-state index contributed by atoms with van der Waals surface area (Å²) in [4.78, 5) is 22.2. The zero-order valence-corrected chi connectivity index (χ0v) is 12.4. The number of terminal acetylenes is 1. The summed E-state index contributed by atoms with van der Waals surface area (Å²) in [5.41, 5.74) is 0. The van der Waals surface area contributed by atoms with Gasteiger partial charge in [-0.2, -0.15) is 0 Å². The maximum absolute atomic E-state index is 11.6. The van der Waals surface area contributed by atoms with E-state index in [9.17, 15) is 9.59 Å². The lowest BCUT2D eigenvalue weighted by Crippen LogP contribution is -2.42. The molecule has 0 aliphatic rings. The van der Waals surface area contributed by atoms with Crippen molar-refractivity contribution in [2.24, 2.45) is 5.92 Å². The molecule has 0 aromatic rings. The van der Waals surface area contributed by atoms with Crippen LogP contribution in [0.5, 0.6) is 0 Å². The fraction of sp³-hybridized carbons (Fsp3) is 0.733. The predicted octanol–water partition coefficient (Wildman–Crippen LogP) is 2.37. The Morgan fingerprint density at radius 3 is 2.45 bits per heavy atom. The molecule has 0 heterocycles. The number of urea groups is 1. The van der Waals surface area contributed by atoms with Crippen molar-refractivity contribution in [2.75, 3.05) is 6.54 Å². The summed E-state index contributed by atoms with van der Waals surface area (Å²) in [5, 5.41) is 14.3. The highest BCUT2D eigenvalue weighted by molar-refractivity contribution is 5.74. The molecule has 0 spiro atoms. The van der Waals surface area contributed by atoms with Gasteiger partial charge in [0.2, 0.25) is 0 Å². The fourth-order valence-corrected chi connectivity index (χ4v) is 1.95. The molecule has 2 unspecified atom stereocenters. The molecule has 114 valence electrons. The van der Waals surface area contributed by atoms with E-state index in [1.165, 1.54) is 0 Å². The molecule has 0 aromatic carbocycles. The van der Waals surface area contributed by atoms with Crippen molar-refractivity contribution < 1.29 is 14.7 Å². The molecule has 20 heavy (non-hydrogen) atoms. The van der Waals surface area contributed by atoms with Crippen LogP contribution in [0.2, 0.25) is 0 Å². The molecular formula is C15H26N2O3. The lowest BCUT2D eigenvalue weighted by molar-refractivity contribution is -0.137. The largest absolute Gasteiger partial charge is 0.481 e. The fourth-order valence-electron chi connectivity index (χ4n) is 1.95. The average molecular weight is 282 g/mol. The first-order valence-electron chi connectivity index (χ1n) is 7.23. The molecule has 5 nitrogen and oxygen atoms in total. The number of hydrogen-bond acceptors (Lipinski definition) is 2. The van der Waals surface area contributed by atoms with Crippen molar-refractivity contribution in [1.29, 1.82) is 0 Å². The molecule has 0 fully saturated rings. The van der Waals surface area contributed by atoms with Gasteiger partial charge in [0, 0.05) is 25.4 Å². The third-order valence-corrected chi connectivity index (χ3v) is 3.37. The monoisotopic (exact) mass is 282 g/mol. The number of rotatable bonds is 10. The van der Waals surface area contributed by atoms with Gasteiger partial charge in [0.25, 0.3) is 0 Å². The summed E-state index contributed by atoms with van der Waals surface area (Å²) in [6, 6.07) is -0.200. The van der Waals surface area contributed by atoms with Crippen LogP contribution in [0.15, 0.2) is 0 Å². The van der Waals surface area contributed by atoms with Crippen molar-refractivity contribution in [3.63, 3.8) is 0 Å². The Morgan fingerprint density at radius 2 is 1.95 bits per heavy atom. The molecule has 0 radical (unpaired) electrons. The Balaban J connectivity index is 3.88. The zero-order valence-electron chi connectivity index (χ0n) is 12.4. The van der Waals surface area contributed by atoms with E-state index in [2.05, 4.69) is 16.6 Å². The van der Waals surface area contributed by atoms with E-state index in [4.69, 9.17) is 11.5 Å². The normalized spacial score (nSPS) is 13.1. The highest BCUT2D eigenvalue weighted by Gasteiger charge is 2.11. The summed E-state index contributed by atoms with van der Waals surface area (Å²) >= 11 is 0. The quantitative estimate of drug-likeness (QED) is 0.538. The second kappa shape index (κ2) is 11.2. The minimum Gasteiger partial charge on any atom is -0.481 e. The summed E-state index contributed by atoms with van der Waals surface area (Å²) in [5.74, 6) is 2.10. The predicted molar refractivity (Wildman–Crippen MR) is 79.3 cm³/mol. The Bertz CT molecular complexity index is 337. The molecule has 0 saturated carbocycles. The first-order valence-corrected chi connectivity index (χ1v) is 7.23. The minimum atomic E-state index is -0.769. The number of carbonyl (C=O) groups is 2. The first-order chi connectivity index (χ1) is 9.53. The molecular weight excluding hydrogens is 256 g/mol. The number of carbonyl (C=O) groups excluding carboxylic acids is 1. The number of aliphatic carboxylic acids is 1. The van der Waals surface area contributed by atoms with Gasteiger partial charge in [-0.3, -0.25) is 4.79 Å². The van der Waals surface area contributed by atoms with Crippen LogP contribution >= 0.6 is 0 Å². The standard InChI is InChI=1S/C15H26N2O3/c1-4-7-13(6-3)17-15(20)16-11-10-12(5-2)8-9-14(18)19/h1,12-13H,5-11H2,2-3H3,(H,18,19)(H2,16,17,20). The van der Waals surface area contributed by atoms with Gasteiger partial charge in [0.05, 0.1) is 0 Å². The Morgan fingerprint density at radius 1 is 1.25 bits per heavy atom. The Labute approximate surface area is 121 Å². The summed E-state index contributed by atoms with van der Waals surface area (Å²) in [7, 11) is 0. The highest BCUT2D eigenvalue weighted by Crippen LogP contribution is 2.14. The van der Waals surface area contributed by atoms with Gasteiger partial charge < -0.3 is 15.7 Å². The molecule has 0 aliphatic heterocycles. The number of carboxylic acids is 1. The second-order valence-electron chi connectivity index (χ2n) is 4.91. The number of hydrogen-bond donors (Lipinski definition) is 3. The van der Waals surface area contributed by atoms with E-state index in [1.807, 2.05) is 13.8 Å². The third-order valence-electron chi connectivity index (χ3n) is 3.37. The van der Waals surface area contributed by atoms with E-state index in [0.29, 0.717) is 25.3 Å². The summed E-state index contributed by atoms with van der Waals surface area (Å²) < 4.78 is 0. The van der Waals surface area contributed by atoms with Crippen LogP contribution in [-0.4, -0.2) is 29.7 Å². The summed E-state index contributed by atoms with van der Waals surface area (Å²) in [6.45, 7) is 4.56.